The van der Waals surface area contributed by atoms with Gasteiger partial charge in [0.2, 0.25) is 5.91 Å². The van der Waals surface area contributed by atoms with Crippen molar-refractivity contribution in [3.05, 3.63) is 0 Å². The van der Waals surface area contributed by atoms with Gasteiger partial charge in [0.25, 0.3) is 0 Å². The van der Waals surface area contributed by atoms with Gasteiger partial charge in [-0.05, 0) is 32.7 Å². The van der Waals surface area contributed by atoms with E-state index in [-0.39, 0.29) is 18.3 Å². The Morgan fingerprint density at radius 1 is 1.38 bits per heavy atom. The zero-order chi connectivity index (χ0) is 11.4. The molecule has 1 saturated heterocycles. The van der Waals surface area contributed by atoms with Gasteiger partial charge in [0.05, 0.1) is 5.92 Å². The molecular weight excluding hydrogens is 224 g/mol. The molecule has 96 valence electrons. The summed E-state index contributed by atoms with van der Waals surface area (Å²) >= 11 is 0. The fourth-order valence-corrected chi connectivity index (χ4v) is 2.05. The lowest BCUT2D eigenvalue weighted by Crippen LogP contribution is -2.43. The minimum Gasteiger partial charge on any atom is -0.340 e. The van der Waals surface area contributed by atoms with Gasteiger partial charge in [-0.25, -0.2) is 0 Å². The van der Waals surface area contributed by atoms with Gasteiger partial charge in [0.15, 0.2) is 0 Å². The summed E-state index contributed by atoms with van der Waals surface area (Å²) in [6.07, 6.45) is 1.00. The Balaban J connectivity index is 0.00000225. The minimum atomic E-state index is 0. The molecule has 1 aliphatic heterocycles. The van der Waals surface area contributed by atoms with Gasteiger partial charge >= 0.3 is 0 Å². The van der Waals surface area contributed by atoms with Crippen molar-refractivity contribution in [1.82, 2.24) is 10.2 Å². The Labute approximate surface area is 105 Å². The molecule has 1 unspecified atom stereocenters. The molecule has 0 radical (unpaired) electrons. The number of carbonyl (C=O) groups is 1. The highest BCUT2D eigenvalue weighted by Gasteiger charge is 2.28. The maximum atomic E-state index is 12.2. The molecule has 1 atom stereocenters. The average Bonchev–Trinajstić information content (AvgIpc) is 2.65. The molecule has 0 saturated carbocycles. The highest BCUT2D eigenvalue weighted by molar-refractivity contribution is 5.85. The Kier molecular flexibility index (Phi) is 7.00. The van der Waals surface area contributed by atoms with Gasteiger partial charge in [-0.15, -0.1) is 12.4 Å². The summed E-state index contributed by atoms with van der Waals surface area (Å²) in [6.45, 7) is 11.3. The van der Waals surface area contributed by atoms with Crippen molar-refractivity contribution in [1.29, 1.82) is 0 Å². The molecule has 0 aliphatic carbocycles. The summed E-state index contributed by atoms with van der Waals surface area (Å²) in [4.78, 5) is 14.2. The molecule has 1 fully saturated rings. The van der Waals surface area contributed by atoms with Crippen molar-refractivity contribution in [3.63, 3.8) is 0 Å². The molecular formula is C12H25ClN2O. The first-order valence-corrected chi connectivity index (χ1v) is 6.03. The first-order valence-electron chi connectivity index (χ1n) is 6.03. The second-order valence-corrected chi connectivity index (χ2v) is 5.17. The van der Waals surface area contributed by atoms with Gasteiger partial charge in [-0.1, -0.05) is 13.8 Å². The van der Waals surface area contributed by atoms with Crippen LogP contribution in [0.1, 0.15) is 34.1 Å². The van der Waals surface area contributed by atoms with E-state index in [9.17, 15) is 4.79 Å². The van der Waals surface area contributed by atoms with Crippen LogP contribution < -0.4 is 5.32 Å². The summed E-state index contributed by atoms with van der Waals surface area (Å²) < 4.78 is 0. The molecule has 3 nitrogen and oxygen atoms in total. The Bertz CT molecular complexity index is 213. The van der Waals surface area contributed by atoms with Crippen molar-refractivity contribution in [2.24, 2.45) is 11.8 Å². The van der Waals surface area contributed by atoms with Crippen LogP contribution in [0.4, 0.5) is 0 Å². The second-order valence-electron chi connectivity index (χ2n) is 5.17. The maximum absolute atomic E-state index is 12.2. The summed E-state index contributed by atoms with van der Waals surface area (Å²) in [7, 11) is 0. The largest absolute Gasteiger partial charge is 0.340 e. The van der Waals surface area contributed by atoms with E-state index < -0.39 is 0 Å². The van der Waals surface area contributed by atoms with Crippen LogP contribution in [0.5, 0.6) is 0 Å². The SMILES string of the molecule is CC(C)CN(C(=O)C1CCNC1)C(C)C.Cl. The highest BCUT2D eigenvalue weighted by atomic mass is 35.5. The molecule has 0 aromatic carbocycles. The van der Waals surface area contributed by atoms with E-state index in [1.54, 1.807) is 0 Å². The second kappa shape index (κ2) is 7.13. The van der Waals surface area contributed by atoms with Gasteiger partial charge in [-0.3, -0.25) is 4.79 Å². The molecule has 0 bridgehead atoms. The predicted molar refractivity (Wildman–Crippen MR) is 69.9 cm³/mol. The fourth-order valence-electron chi connectivity index (χ4n) is 2.05. The quantitative estimate of drug-likeness (QED) is 0.825. The van der Waals surface area contributed by atoms with Gasteiger partial charge < -0.3 is 10.2 Å². The topological polar surface area (TPSA) is 32.3 Å². The monoisotopic (exact) mass is 248 g/mol. The Morgan fingerprint density at radius 3 is 2.38 bits per heavy atom. The molecule has 16 heavy (non-hydrogen) atoms. The molecule has 0 aromatic heterocycles. The standard InChI is InChI=1S/C12H24N2O.ClH/c1-9(2)8-14(10(3)4)12(15)11-5-6-13-7-11;/h9-11,13H,5-8H2,1-4H3;1H. The van der Waals surface area contributed by atoms with E-state index in [1.165, 1.54) is 0 Å². The van der Waals surface area contributed by atoms with Crippen LogP contribution in [0.15, 0.2) is 0 Å². The molecule has 0 aromatic rings. The van der Waals surface area contributed by atoms with Crippen LogP contribution in [-0.4, -0.2) is 36.5 Å². The number of amides is 1. The number of nitrogens with one attached hydrogen (secondary N) is 1. The molecule has 1 heterocycles. The van der Waals surface area contributed by atoms with Crippen molar-refractivity contribution < 1.29 is 4.79 Å². The highest BCUT2D eigenvalue weighted by Crippen LogP contribution is 2.15. The number of rotatable bonds is 4. The number of nitrogens with zero attached hydrogens (tertiary/aromatic N) is 1. The van der Waals surface area contributed by atoms with Crippen LogP contribution in [0.3, 0.4) is 0 Å². The number of carbonyl (C=O) groups excluding carboxylic acids is 1. The third-order valence-corrected chi connectivity index (χ3v) is 2.88. The summed E-state index contributed by atoms with van der Waals surface area (Å²) in [6, 6.07) is 0.320. The van der Waals surface area contributed by atoms with Crippen LogP contribution in [0, 0.1) is 11.8 Å². The van der Waals surface area contributed by atoms with Crippen LogP contribution >= 0.6 is 12.4 Å². The third-order valence-electron chi connectivity index (χ3n) is 2.88. The summed E-state index contributed by atoms with van der Waals surface area (Å²) in [5, 5.41) is 3.25. The lowest BCUT2D eigenvalue weighted by Gasteiger charge is -2.30. The Hall–Kier alpha value is -0.280. The van der Waals surface area contributed by atoms with E-state index in [0.29, 0.717) is 17.9 Å². The number of hydrogen-bond acceptors (Lipinski definition) is 2. The third kappa shape index (κ3) is 4.30. The van der Waals surface area contributed by atoms with E-state index in [1.807, 2.05) is 4.90 Å². The fraction of sp³-hybridized carbons (Fsp3) is 0.917. The van der Waals surface area contributed by atoms with Crippen LogP contribution in [0.2, 0.25) is 0 Å². The van der Waals surface area contributed by atoms with Gasteiger partial charge in [0.1, 0.15) is 0 Å². The van der Waals surface area contributed by atoms with E-state index >= 15 is 0 Å². The molecule has 1 N–H and O–H groups in total. The first-order chi connectivity index (χ1) is 7.02. The lowest BCUT2D eigenvalue weighted by atomic mass is 10.0. The normalized spacial score (nSPS) is 20.0. The minimum absolute atomic E-state index is 0. The van der Waals surface area contributed by atoms with Crippen LogP contribution in [0.25, 0.3) is 0 Å². The predicted octanol–water partition coefficient (Wildman–Crippen LogP) is 1.91. The average molecular weight is 249 g/mol. The molecule has 0 spiro atoms. The van der Waals surface area contributed by atoms with Crippen LogP contribution in [-0.2, 0) is 4.79 Å². The van der Waals surface area contributed by atoms with E-state index in [4.69, 9.17) is 0 Å². The van der Waals surface area contributed by atoms with Crippen molar-refractivity contribution in [2.75, 3.05) is 19.6 Å². The van der Waals surface area contributed by atoms with Crippen molar-refractivity contribution in [3.8, 4) is 0 Å². The summed E-state index contributed by atoms with van der Waals surface area (Å²) in [5.74, 6) is 1.10. The smallest absolute Gasteiger partial charge is 0.227 e. The maximum Gasteiger partial charge on any atom is 0.227 e. The van der Waals surface area contributed by atoms with E-state index in [0.717, 1.165) is 26.1 Å². The molecule has 4 heteroatoms. The number of hydrogen-bond donors (Lipinski definition) is 1. The molecule has 1 rings (SSSR count). The zero-order valence-electron chi connectivity index (χ0n) is 10.8. The van der Waals surface area contributed by atoms with Crippen molar-refractivity contribution in [2.45, 2.75) is 40.2 Å². The molecule has 1 amide bonds. The van der Waals surface area contributed by atoms with Gasteiger partial charge in [-0.2, -0.15) is 0 Å². The lowest BCUT2D eigenvalue weighted by molar-refractivity contribution is -0.137. The first kappa shape index (κ1) is 15.7. The number of halogens is 1. The Morgan fingerprint density at radius 2 is 2.00 bits per heavy atom. The van der Waals surface area contributed by atoms with Gasteiger partial charge in [0, 0.05) is 19.1 Å². The zero-order valence-corrected chi connectivity index (χ0v) is 11.6. The van der Waals surface area contributed by atoms with E-state index in [2.05, 4.69) is 33.0 Å². The summed E-state index contributed by atoms with van der Waals surface area (Å²) in [5.41, 5.74) is 0. The molecule has 1 aliphatic rings. The van der Waals surface area contributed by atoms with Crippen molar-refractivity contribution >= 4 is 18.3 Å².